The van der Waals surface area contributed by atoms with E-state index in [-0.39, 0.29) is 18.2 Å². The zero-order chi connectivity index (χ0) is 9.52. The van der Waals surface area contributed by atoms with Crippen molar-refractivity contribution in [2.45, 2.75) is 13.3 Å². The Hall–Kier alpha value is -1.29. The van der Waals surface area contributed by atoms with Crippen LogP contribution >= 0.6 is 0 Å². The number of ether oxygens (including phenoxy) is 1. The van der Waals surface area contributed by atoms with Crippen molar-refractivity contribution in [3.8, 4) is 0 Å². The van der Waals surface area contributed by atoms with Crippen LogP contribution in [0.4, 0.5) is 0 Å². The van der Waals surface area contributed by atoms with E-state index in [1.807, 2.05) is 6.92 Å². The van der Waals surface area contributed by atoms with Gasteiger partial charge in [-0.15, -0.1) is 0 Å². The van der Waals surface area contributed by atoms with Crippen molar-refractivity contribution >= 4 is 5.78 Å². The number of aromatic nitrogens is 2. The van der Waals surface area contributed by atoms with Crippen molar-refractivity contribution < 1.29 is 9.53 Å². The molecule has 0 unspecified atom stereocenters. The Bertz CT molecular complexity index is 262. The van der Waals surface area contributed by atoms with Crippen molar-refractivity contribution in [3.05, 3.63) is 24.3 Å². The third kappa shape index (κ3) is 3.29. The van der Waals surface area contributed by atoms with Crippen LogP contribution in [-0.2, 0) is 4.74 Å². The maximum Gasteiger partial charge on any atom is 0.225 e. The van der Waals surface area contributed by atoms with Gasteiger partial charge in [-0.05, 0) is 12.5 Å². The zero-order valence-corrected chi connectivity index (χ0v) is 7.56. The fourth-order valence-corrected chi connectivity index (χ4v) is 0.817. The second-order valence-corrected chi connectivity index (χ2v) is 2.55. The van der Waals surface area contributed by atoms with Gasteiger partial charge in [0, 0.05) is 19.0 Å². The number of hydrogen-bond donors (Lipinski definition) is 0. The SMILES string of the molecule is CCCOCC(=O)c1ncccn1. The van der Waals surface area contributed by atoms with E-state index in [0.29, 0.717) is 6.61 Å². The molecular formula is C9H12N2O2. The van der Waals surface area contributed by atoms with Crippen molar-refractivity contribution in [3.63, 3.8) is 0 Å². The Morgan fingerprint density at radius 3 is 2.77 bits per heavy atom. The summed E-state index contributed by atoms with van der Waals surface area (Å²) in [5.74, 6) is 0.0488. The number of carbonyl (C=O) groups is 1. The molecule has 0 fully saturated rings. The minimum Gasteiger partial charge on any atom is -0.373 e. The molecule has 0 aromatic carbocycles. The first-order valence-electron chi connectivity index (χ1n) is 4.22. The highest BCUT2D eigenvalue weighted by atomic mass is 16.5. The molecule has 0 saturated carbocycles. The quantitative estimate of drug-likeness (QED) is 0.502. The summed E-state index contributed by atoms with van der Waals surface area (Å²) in [6, 6.07) is 1.67. The standard InChI is InChI=1S/C9H12N2O2/c1-2-6-13-7-8(12)9-10-4-3-5-11-9/h3-5H,2,6-7H2,1H3. The first-order chi connectivity index (χ1) is 6.34. The monoisotopic (exact) mass is 180 g/mol. The van der Waals surface area contributed by atoms with E-state index in [9.17, 15) is 4.79 Å². The molecule has 70 valence electrons. The van der Waals surface area contributed by atoms with Crippen LogP contribution in [0.5, 0.6) is 0 Å². The summed E-state index contributed by atoms with van der Waals surface area (Å²) in [7, 11) is 0. The molecule has 1 aromatic heterocycles. The average Bonchev–Trinajstić information content (AvgIpc) is 2.19. The van der Waals surface area contributed by atoms with Crippen LogP contribution in [0.2, 0.25) is 0 Å². The summed E-state index contributed by atoms with van der Waals surface area (Å²) in [5.41, 5.74) is 0. The third-order valence-corrected chi connectivity index (χ3v) is 1.40. The molecule has 0 aliphatic rings. The van der Waals surface area contributed by atoms with Gasteiger partial charge in [-0.2, -0.15) is 0 Å². The van der Waals surface area contributed by atoms with E-state index in [1.54, 1.807) is 18.5 Å². The van der Waals surface area contributed by atoms with Crippen LogP contribution in [0.3, 0.4) is 0 Å². The van der Waals surface area contributed by atoms with E-state index in [1.165, 1.54) is 0 Å². The van der Waals surface area contributed by atoms with Crippen LogP contribution < -0.4 is 0 Å². The van der Waals surface area contributed by atoms with Crippen LogP contribution in [0.1, 0.15) is 24.0 Å². The fourth-order valence-electron chi connectivity index (χ4n) is 0.817. The van der Waals surface area contributed by atoms with Crippen LogP contribution in [-0.4, -0.2) is 29.0 Å². The van der Waals surface area contributed by atoms with Crippen molar-refractivity contribution in [1.82, 2.24) is 9.97 Å². The molecule has 1 rings (SSSR count). The largest absolute Gasteiger partial charge is 0.373 e. The Balaban J connectivity index is 2.40. The second kappa shape index (κ2) is 5.37. The molecule has 0 aliphatic carbocycles. The number of hydrogen-bond acceptors (Lipinski definition) is 4. The second-order valence-electron chi connectivity index (χ2n) is 2.55. The molecule has 0 atom stereocenters. The van der Waals surface area contributed by atoms with Gasteiger partial charge in [0.1, 0.15) is 6.61 Å². The lowest BCUT2D eigenvalue weighted by molar-refractivity contribution is 0.0751. The summed E-state index contributed by atoms with van der Waals surface area (Å²) in [6.07, 6.45) is 3.99. The van der Waals surface area contributed by atoms with Gasteiger partial charge in [-0.25, -0.2) is 9.97 Å². The van der Waals surface area contributed by atoms with Gasteiger partial charge in [0.25, 0.3) is 0 Å². The molecule has 1 aromatic rings. The maximum absolute atomic E-state index is 11.3. The number of Topliss-reactive ketones (excluding diaryl/α,β-unsaturated/α-hetero) is 1. The van der Waals surface area contributed by atoms with E-state index in [4.69, 9.17) is 4.74 Å². The molecule has 0 saturated heterocycles. The third-order valence-electron chi connectivity index (χ3n) is 1.40. The highest BCUT2D eigenvalue weighted by Crippen LogP contribution is 1.91. The van der Waals surface area contributed by atoms with Crippen molar-refractivity contribution in [2.75, 3.05) is 13.2 Å². The lowest BCUT2D eigenvalue weighted by Gasteiger charge is -1.99. The Morgan fingerprint density at radius 2 is 2.15 bits per heavy atom. The molecule has 13 heavy (non-hydrogen) atoms. The van der Waals surface area contributed by atoms with Gasteiger partial charge in [-0.1, -0.05) is 6.92 Å². The normalized spacial score (nSPS) is 9.92. The zero-order valence-electron chi connectivity index (χ0n) is 7.56. The van der Waals surface area contributed by atoms with Crippen LogP contribution in [0, 0.1) is 0 Å². The van der Waals surface area contributed by atoms with Crippen molar-refractivity contribution in [1.29, 1.82) is 0 Å². The Morgan fingerprint density at radius 1 is 1.46 bits per heavy atom. The molecule has 0 aliphatic heterocycles. The molecule has 1 heterocycles. The number of carbonyl (C=O) groups excluding carboxylic acids is 1. The molecule has 0 N–H and O–H groups in total. The molecule has 0 radical (unpaired) electrons. The smallest absolute Gasteiger partial charge is 0.225 e. The van der Waals surface area contributed by atoms with Crippen LogP contribution in [0.25, 0.3) is 0 Å². The topological polar surface area (TPSA) is 52.1 Å². The highest BCUT2D eigenvalue weighted by Gasteiger charge is 2.07. The van der Waals surface area contributed by atoms with Crippen molar-refractivity contribution in [2.24, 2.45) is 0 Å². The number of rotatable bonds is 5. The maximum atomic E-state index is 11.3. The van der Waals surface area contributed by atoms with Gasteiger partial charge in [0.05, 0.1) is 0 Å². The highest BCUT2D eigenvalue weighted by molar-refractivity contribution is 5.93. The number of nitrogens with zero attached hydrogens (tertiary/aromatic N) is 2. The van der Waals surface area contributed by atoms with E-state index in [0.717, 1.165) is 6.42 Å². The first-order valence-corrected chi connectivity index (χ1v) is 4.22. The van der Waals surface area contributed by atoms with Gasteiger partial charge >= 0.3 is 0 Å². The number of ketones is 1. The molecule has 0 spiro atoms. The van der Waals surface area contributed by atoms with E-state index < -0.39 is 0 Å². The molecule has 0 bridgehead atoms. The lowest BCUT2D eigenvalue weighted by atomic mass is 10.4. The molecule has 4 nitrogen and oxygen atoms in total. The van der Waals surface area contributed by atoms with Gasteiger partial charge in [0.15, 0.2) is 5.82 Å². The van der Waals surface area contributed by atoms with Gasteiger partial charge in [0.2, 0.25) is 5.78 Å². The summed E-state index contributed by atoms with van der Waals surface area (Å²) >= 11 is 0. The molecule has 4 heteroatoms. The molecule has 0 amide bonds. The predicted molar refractivity (Wildman–Crippen MR) is 47.5 cm³/mol. The summed E-state index contributed by atoms with van der Waals surface area (Å²) < 4.78 is 5.07. The van der Waals surface area contributed by atoms with Gasteiger partial charge in [-0.3, -0.25) is 4.79 Å². The lowest BCUT2D eigenvalue weighted by Crippen LogP contribution is -2.12. The van der Waals surface area contributed by atoms with Gasteiger partial charge < -0.3 is 4.74 Å². The predicted octanol–water partition coefficient (Wildman–Crippen LogP) is 1.09. The summed E-state index contributed by atoms with van der Waals surface area (Å²) in [6.45, 7) is 2.65. The first kappa shape index (κ1) is 9.80. The fraction of sp³-hybridized carbons (Fsp3) is 0.444. The minimum absolute atomic E-state index is 0.0673. The summed E-state index contributed by atoms with van der Waals surface area (Å²) in [4.78, 5) is 18.9. The summed E-state index contributed by atoms with van der Waals surface area (Å²) in [5, 5.41) is 0. The Kier molecular flexibility index (Phi) is 4.05. The average molecular weight is 180 g/mol. The van der Waals surface area contributed by atoms with E-state index >= 15 is 0 Å². The van der Waals surface area contributed by atoms with Crippen LogP contribution in [0.15, 0.2) is 18.5 Å². The minimum atomic E-state index is -0.172. The Labute approximate surface area is 77.0 Å². The van der Waals surface area contributed by atoms with E-state index in [2.05, 4.69) is 9.97 Å². The molecular weight excluding hydrogens is 168 g/mol.